The Hall–Kier alpha value is -2.69. The SMILES string of the molecule is CCOc1ccc([C@@H](C)NC(=O)COc2cc(C)ccc2C(C)C)cc1OCC. The van der Waals surface area contributed by atoms with Crippen molar-refractivity contribution in [3.63, 3.8) is 0 Å². The predicted molar refractivity (Wildman–Crippen MR) is 116 cm³/mol. The molecule has 0 unspecified atom stereocenters. The van der Waals surface area contributed by atoms with Crippen LogP contribution in [0.1, 0.15) is 63.3 Å². The van der Waals surface area contributed by atoms with Crippen molar-refractivity contribution in [1.82, 2.24) is 5.32 Å². The molecule has 2 aromatic rings. The van der Waals surface area contributed by atoms with E-state index in [1.54, 1.807) is 0 Å². The molecule has 29 heavy (non-hydrogen) atoms. The lowest BCUT2D eigenvalue weighted by Crippen LogP contribution is -2.31. The Bertz CT molecular complexity index is 817. The summed E-state index contributed by atoms with van der Waals surface area (Å²) in [7, 11) is 0. The Labute approximate surface area is 174 Å². The predicted octanol–water partition coefficient (Wildman–Crippen LogP) is 5.17. The summed E-state index contributed by atoms with van der Waals surface area (Å²) in [4.78, 5) is 12.5. The second-order valence-electron chi connectivity index (χ2n) is 7.35. The summed E-state index contributed by atoms with van der Waals surface area (Å²) in [5.41, 5.74) is 3.16. The Morgan fingerprint density at radius 1 is 0.897 bits per heavy atom. The van der Waals surface area contributed by atoms with Gasteiger partial charge >= 0.3 is 0 Å². The number of benzene rings is 2. The van der Waals surface area contributed by atoms with Gasteiger partial charge < -0.3 is 19.5 Å². The van der Waals surface area contributed by atoms with E-state index in [0.717, 1.165) is 22.4 Å². The van der Waals surface area contributed by atoms with E-state index in [1.807, 2.05) is 52.0 Å². The van der Waals surface area contributed by atoms with Crippen LogP contribution >= 0.6 is 0 Å². The first kappa shape index (κ1) is 22.6. The molecule has 0 heterocycles. The molecule has 0 aromatic heterocycles. The summed E-state index contributed by atoms with van der Waals surface area (Å²) in [5, 5.41) is 2.99. The lowest BCUT2D eigenvalue weighted by molar-refractivity contribution is -0.123. The molecule has 0 saturated heterocycles. The maximum atomic E-state index is 12.5. The molecule has 5 nitrogen and oxygen atoms in total. The number of rotatable bonds is 10. The van der Waals surface area contributed by atoms with Gasteiger partial charge in [0.25, 0.3) is 5.91 Å². The van der Waals surface area contributed by atoms with Crippen molar-refractivity contribution >= 4 is 5.91 Å². The second kappa shape index (κ2) is 10.7. The van der Waals surface area contributed by atoms with Crippen LogP contribution in [0.2, 0.25) is 0 Å². The molecule has 2 aromatic carbocycles. The van der Waals surface area contributed by atoms with Crippen molar-refractivity contribution in [2.24, 2.45) is 0 Å². The highest BCUT2D eigenvalue weighted by molar-refractivity contribution is 5.78. The fraction of sp³-hybridized carbons (Fsp3) is 0.458. The molecule has 0 spiro atoms. The Morgan fingerprint density at radius 2 is 1.59 bits per heavy atom. The van der Waals surface area contributed by atoms with Crippen LogP contribution in [0.4, 0.5) is 0 Å². The highest BCUT2D eigenvalue weighted by atomic mass is 16.5. The van der Waals surface area contributed by atoms with E-state index < -0.39 is 0 Å². The minimum absolute atomic E-state index is 0.0249. The minimum atomic E-state index is -0.178. The molecule has 1 N–H and O–H groups in total. The average molecular weight is 400 g/mol. The zero-order valence-corrected chi connectivity index (χ0v) is 18.4. The maximum Gasteiger partial charge on any atom is 0.258 e. The van der Waals surface area contributed by atoms with Gasteiger partial charge in [-0.15, -0.1) is 0 Å². The number of amides is 1. The first-order valence-corrected chi connectivity index (χ1v) is 10.3. The highest BCUT2D eigenvalue weighted by Gasteiger charge is 2.15. The van der Waals surface area contributed by atoms with Gasteiger partial charge in [-0.3, -0.25) is 4.79 Å². The average Bonchev–Trinajstić information content (AvgIpc) is 2.67. The number of nitrogens with one attached hydrogen (secondary N) is 1. The molecule has 0 bridgehead atoms. The Balaban J connectivity index is 2.02. The molecule has 5 heteroatoms. The standard InChI is InChI=1S/C24H33NO4/c1-7-27-21-12-10-19(14-23(21)28-8-2)18(6)25-24(26)15-29-22-13-17(5)9-11-20(22)16(3)4/h9-14,16,18H,7-8,15H2,1-6H3,(H,25,26)/t18-/m1/s1. The normalized spacial score (nSPS) is 11.8. The van der Waals surface area contributed by atoms with E-state index in [4.69, 9.17) is 14.2 Å². The van der Waals surface area contributed by atoms with E-state index in [2.05, 4.69) is 31.3 Å². The third-order valence-corrected chi connectivity index (χ3v) is 4.59. The van der Waals surface area contributed by atoms with Gasteiger partial charge in [-0.1, -0.05) is 32.0 Å². The van der Waals surface area contributed by atoms with E-state index >= 15 is 0 Å². The Kier molecular flexibility index (Phi) is 8.37. The van der Waals surface area contributed by atoms with Crippen molar-refractivity contribution in [3.05, 3.63) is 53.1 Å². The van der Waals surface area contributed by atoms with E-state index in [-0.39, 0.29) is 18.6 Å². The number of aryl methyl sites for hydroxylation is 1. The molecule has 0 aliphatic carbocycles. The van der Waals surface area contributed by atoms with Crippen molar-refractivity contribution in [1.29, 1.82) is 0 Å². The minimum Gasteiger partial charge on any atom is -0.490 e. The summed E-state index contributed by atoms with van der Waals surface area (Å²) >= 11 is 0. The van der Waals surface area contributed by atoms with Crippen molar-refractivity contribution in [2.75, 3.05) is 19.8 Å². The summed E-state index contributed by atoms with van der Waals surface area (Å²) < 4.78 is 17.1. The first-order valence-electron chi connectivity index (χ1n) is 10.3. The van der Waals surface area contributed by atoms with Crippen LogP contribution in [0.3, 0.4) is 0 Å². The summed E-state index contributed by atoms with van der Waals surface area (Å²) in [6.07, 6.45) is 0. The molecule has 2 rings (SSSR count). The van der Waals surface area contributed by atoms with Crippen LogP contribution in [-0.2, 0) is 4.79 Å². The molecule has 0 radical (unpaired) electrons. The zero-order chi connectivity index (χ0) is 21.4. The zero-order valence-electron chi connectivity index (χ0n) is 18.4. The van der Waals surface area contributed by atoms with Crippen molar-refractivity contribution in [3.8, 4) is 17.2 Å². The molecule has 1 amide bonds. The smallest absolute Gasteiger partial charge is 0.258 e. The maximum absolute atomic E-state index is 12.5. The van der Waals surface area contributed by atoms with E-state index in [1.165, 1.54) is 0 Å². The molecule has 0 aliphatic heterocycles. The van der Waals surface area contributed by atoms with Crippen LogP contribution in [0.5, 0.6) is 17.2 Å². The molecule has 0 aliphatic rings. The summed E-state index contributed by atoms with van der Waals surface area (Å²) in [6.45, 7) is 13.1. The third kappa shape index (κ3) is 6.41. The number of ether oxygens (including phenoxy) is 3. The molecule has 158 valence electrons. The lowest BCUT2D eigenvalue weighted by atomic mass is 10.0. The van der Waals surface area contributed by atoms with Crippen molar-refractivity contribution < 1.29 is 19.0 Å². The summed E-state index contributed by atoms with van der Waals surface area (Å²) in [6, 6.07) is 11.7. The molecule has 0 fully saturated rings. The van der Waals surface area contributed by atoms with Gasteiger partial charge in [0.2, 0.25) is 0 Å². The Morgan fingerprint density at radius 3 is 2.24 bits per heavy atom. The topological polar surface area (TPSA) is 56.8 Å². The number of hydrogen-bond donors (Lipinski definition) is 1. The van der Waals surface area contributed by atoms with Gasteiger partial charge in [-0.2, -0.15) is 0 Å². The third-order valence-electron chi connectivity index (χ3n) is 4.59. The van der Waals surface area contributed by atoms with Gasteiger partial charge in [0.15, 0.2) is 18.1 Å². The lowest BCUT2D eigenvalue weighted by Gasteiger charge is -2.18. The largest absolute Gasteiger partial charge is 0.490 e. The molecule has 0 saturated carbocycles. The van der Waals surface area contributed by atoms with Gasteiger partial charge in [-0.05, 0) is 68.5 Å². The monoisotopic (exact) mass is 399 g/mol. The van der Waals surface area contributed by atoms with E-state index in [9.17, 15) is 4.79 Å². The van der Waals surface area contributed by atoms with Crippen LogP contribution in [0.15, 0.2) is 36.4 Å². The van der Waals surface area contributed by atoms with Crippen LogP contribution < -0.4 is 19.5 Å². The van der Waals surface area contributed by atoms with Gasteiger partial charge in [0.05, 0.1) is 19.3 Å². The highest BCUT2D eigenvalue weighted by Crippen LogP contribution is 2.31. The second-order valence-corrected chi connectivity index (χ2v) is 7.35. The summed E-state index contributed by atoms with van der Waals surface area (Å²) in [5.74, 6) is 2.32. The van der Waals surface area contributed by atoms with Crippen LogP contribution in [0.25, 0.3) is 0 Å². The number of carbonyl (C=O) groups excluding carboxylic acids is 1. The van der Waals surface area contributed by atoms with Crippen LogP contribution in [0, 0.1) is 6.92 Å². The number of hydrogen-bond acceptors (Lipinski definition) is 4. The van der Waals surface area contributed by atoms with Gasteiger partial charge in [0.1, 0.15) is 5.75 Å². The van der Waals surface area contributed by atoms with E-state index in [0.29, 0.717) is 30.6 Å². The first-order chi connectivity index (χ1) is 13.8. The van der Waals surface area contributed by atoms with Gasteiger partial charge in [-0.25, -0.2) is 0 Å². The van der Waals surface area contributed by atoms with Gasteiger partial charge in [0, 0.05) is 0 Å². The fourth-order valence-corrected chi connectivity index (χ4v) is 3.09. The number of carbonyl (C=O) groups is 1. The quantitative estimate of drug-likeness (QED) is 0.599. The molecule has 1 atom stereocenters. The molecular weight excluding hydrogens is 366 g/mol. The van der Waals surface area contributed by atoms with Crippen molar-refractivity contribution in [2.45, 2.75) is 53.5 Å². The fourth-order valence-electron chi connectivity index (χ4n) is 3.09. The molecular formula is C24H33NO4. The van der Waals surface area contributed by atoms with Crippen LogP contribution in [-0.4, -0.2) is 25.7 Å².